The van der Waals surface area contributed by atoms with Gasteiger partial charge < -0.3 is 20.1 Å². The molecule has 0 heterocycles. The molecule has 0 aliphatic heterocycles. The lowest BCUT2D eigenvalue weighted by molar-refractivity contribution is -0.131. The fourth-order valence-corrected chi connectivity index (χ4v) is 1.75. The molecule has 0 bridgehead atoms. The summed E-state index contributed by atoms with van der Waals surface area (Å²) < 4.78 is 10.7. The molecule has 5 nitrogen and oxygen atoms in total. The van der Waals surface area contributed by atoms with Crippen LogP contribution in [0.25, 0.3) is 6.08 Å². The zero-order valence-corrected chi connectivity index (χ0v) is 12.9. The lowest BCUT2D eigenvalue weighted by Crippen LogP contribution is -2.39. The topological polar surface area (TPSA) is 59.6 Å². The Balaban J connectivity index is 2.35. The standard InChI is InChI=1S/C16H24N2O3/c1-4-20-15(21-5-2)12-18-16(19)17-11-10-14-9-7-6-8-13(14)3/h6-11,15H,4-5,12H2,1-3H3,(H2,17,18,19)/b11-10+. The van der Waals surface area contributed by atoms with E-state index in [9.17, 15) is 4.79 Å². The van der Waals surface area contributed by atoms with Crippen molar-refractivity contribution in [1.82, 2.24) is 10.6 Å². The van der Waals surface area contributed by atoms with Crippen molar-refractivity contribution in [3.05, 3.63) is 41.6 Å². The van der Waals surface area contributed by atoms with Gasteiger partial charge in [0, 0.05) is 19.4 Å². The van der Waals surface area contributed by atoms with E-state index in [0.717, 1.165) is 11.1 Å². The Morgan fingerprint density at radius 1 is 1.24 bits per heavy atom. The van der Waals surface area contributed by atoms with Crippen LogP contribution in [-0.2, 0) is 9.47 Å². The predicted octanol–water partition coefficient (Wildman–Crippen LogP) is 2.66. The number of ether oxygens (including phenoxy) is 2. The van der Waals surface area contributed by atoms with Gasteiger partial charge in [-0.1, -0.05) is 24.3 Å². The number of aryl methyl sites for hydroxylation is 1. The first-order chi connectivity index (χ1) is 10.2. The molecule has 116 valence electrons. The summed E-state index contributed by atoms with van der Waals surface area (Å²) in [6.07, 6.45) is 3.07. The molecule has 0 aromatic heterocycles. The highest BCUT2D eigenvalue weighted by Crippen LogP contribution is 2.07. The molecule has 0 aliphatic carbocycles. The third-order valence-corrected chi connectivity index (χ3v) is 2.80. The summed E-state index contributed by atoms with van der Waals surface area (Å²) in [5, 5.41) is 5.36. The molecule has 0 radical (unpaired) electrons. The molecule has 5 heteroatoms. The number of rotatable bonds is 8. The summed E-state index contributed by atoms with van der Waals surface area (Å²) in [4.78, 5) is 11.6. The molecule has 0 atom stereocenters. The number of carbonyl (C=O) groups excluding carboxylic acids is 1. The van der Waals surface area contributed by atoms with Gasteiger partial charge in [0.25, 0.3) is 0 Å². The van der Waals surface area contributed by atoms with Gasteiger partial charge in [0.2, 0.25) is 0 Å². The second-order valence-electron chi connectivity index (χ2n) is 4.38. The van der Waals surface area contributed by atoms with Crippen molar-refractivity contribution in [3.8, 4) is 0 Å². The smallest absolute Gasteiger partial charge is 0.318 e. The molecule has 0 unspecified atom stereocenters. The lowest BCUT2D eigenvalue weighted by atomic mass is 10.1. The van der Waals surface area contributed by atoms with E-state index >= 15 is 0 Å². The summed E-state index contributed by atoms with van der Waals surface area (Å²) in [5.41, 5.74) is 2.23. The van der Waals surface area contributed by atoms with Crippen LogP contribution in [0.2, 0.25) is 0 Å². The number of benzene rings is 1. The number of nitrogens with one attached hydrogen (secondary N) is 2. The van der Waals surface area contributed by atoms with E-state index in [4.69, 9.17) is 9.47 Å². The van der Waals surface area contributed by atoms with Crippen LogP contribution in [0.4, 0.5) is 4.79 Å². The highest BCUT2D eigenvalue weighted by Gasteiger charge is 2.08. The van der Waals surface area contributed by atoms with Crippen LogP contribution in [-0.4, -0.2) is 32.1 Å². The molecule has 0 saturated heterocycles. The van der Waals surface area contributed by atoms with Crippen LogP contribution < -0.4 is 10.6 Å². The van der Waals surface area contributed by atoms with Crippen molar-refractivity contribution in [2.24, 2.45) is 0 Å². The summed E-state index contributed by atoms with van der Waals surface area (Å²) in [6, 6.07) is 7.67. The van der Waals surface area contributed by atoms with Gasteiger partial charge in [0.1, 0.15) is 0 Å². The van der Waals surface area contributed by atoms with Crippen molar-refractivity contribution in [2.75, 3.05) is 19.8 Å². The Morgan fingerprint density at radius 2 is 1.90 bits per heavy atom. The molecular weight excluding hydrogens is 268 g/mol. The summed E-state index contributed by atoms with van der Waals surface area (Å²) >= 11 is 0. The third kappa shape index (κ3) is 6.92. The number of carbonyl (C=O) groups is 1. The highest BCUT2D eigenvalue weighted by molar-refractivity contribution is 5.76. The Labute approximate surface area is 126 Å². The first-order valence-corrected chi connectivity index (χ1v) is 7.17. The maximum atomic E-state index is 11.6. The molecule has 0 aliphatic rings. The minimum Gasteiger partial charge on any atom is -0.351 e. The van der Waals surface area contributed by atoms with Crippen molar-refractivity contribution >= 4 is 12.1 Å². The van der Waals surface area contributed by atoms with E-state index in [2.05, 4.69) is 10.6 Å². The number of amides is 2. The van der Waals surface area contributed by atoms with Gasteiger partial charge in [-0.15, -0.1) is 0 Å². The first kappa shape index (κ1) is 17.2. The molecule has 2 N–H and O–H groups in total. The minimum atomic E-state index is -0.411. The van der Waals surface area contributed by atoms with E-state index in [-0.39, 0.29) is 6.03 Å². The number of urea groups is 1. The second-order valence-corrected chi connectivity index (χ2v) is 4.38. The lowest BCUT2D eigenvalue weighted by Gasteiger charge is -2.17. The largest absolute Gasteiger partial charge is 0.351 e. The summed E-state index contributed by atoms with van der Waals surface area (Å²) in [6.45, 7) is 7.19. The Morgan fingerprint density at radius 3 is 2.52 bits per heavy atom. The van der Waals surface area contributed by atoms with Gasteiger partial charge in [-0.05, 0) is 38.0 Å². The van der Waals surface area contributed by atoms with Crippen LogP contribution in [0, 0.1) is 6.92 Å². The van der Waals surface area contributed by atoms with Crippen LogP contribution >= 0.6 is 0 Å². The first-order valence-electron chi connectivity index (χ1n) is 7.17. The molecular formula is C16H24N2O3. The van der Waals surface area contributed by atoms with Crippen LogP contribution in [0.15, 0.2) is 30.5 Å². The highest BCUT2D eigenvalue weighted by atomic mass is 16.7. The maximum Gasteiger partial charge on any atom is 0.318 e. The molecule has 0 spiro atoms. The van der Waals surface area contributed by atoms with Gasteiger partial charge >= 0.3 is 6.03 Å². The Bertz CT molecular complexity index is 455. The van der Waals surface area contributed by atoms with Gasteiger partial charge in [0.15, 0.2) is 6.29 Å². The Hall–Kier alpha value is -1.85. The molecule has 1 aromatic rings. The third-order valence-electron chi connectivity index (χ3n) is 2.80. The van der Waals surface area contributed by atoms with E-state index in [1.54, 1.807) is 6.20 Å². The molecule has 1 aromatic carbocycles. The van der Waals surface area contributed by atoms with Gasteiger partial charge in [-0.3, -0.25) is 0 Å². The van der Waals surface area contributed by atoms with Crippen LogP contribution in [0.5, 0.6) is 0 Å². The normalized spacial score (nSPS) is 11.0. The average molecular weight is 292 g/mol. The molecule has 21 heavy (non-hydrogen) atoms. The van der Waals surface area contributed by atoms with Crippen molar-refractivity contribution in [3.63, 3.8) is 0 Å². The average Bonchev–Trinajstić information content (AvgIpc) is 2.47. The summed E-state index contributed by atoms with van der Waals surface area (Å²) in [5.74, 6) is 0. The zero-order valence-electron chi connectivity index (χ0n) is 12.9. The van der Waals surface area contributed by atoms with Crippen LogP contribution in [0.3, 0.4) is 0 Å². The van der Waals surface area contributed by atoms with Crippen molar-refractivity contribution in [1.29, 1.82) is 0 Å². The quantitative estimate of drug-likeness (QED) is 0.724. The molecule has 2 amide bonds. The number of hydrogen-bond acceptors (Lipinski definition) is 3. The van der Waals surface area contributed by atoms with E-state index < -0.39 is 6.29 Å². The fraction of sp³-hybridized carbons (Fsp3) is 0.438. The SMILES string of the molecule is CCOC(CNC(=O)N/C=C/c1ccccc1C)OCC. The van der Waals surface area contributed by atoms with Gasteiger partial charge in [0.05, 0.1) is 6.54 Å². The molecule has 1 rings (SSSR count). The van der Waals surface area contributed by atoms with E-state index in [1.165, 1.54) is 0 Å². The minimum absolute atomic E-state index is 0.288. The van der Waals surface area contributed by atoms with E-state index in [0.29, 0.717) is 19.8 Å². The molecule has 0 fully saturated rings. The fourth-order valence-electron chi connectivity index (χ4n) is 1.75. The number of hydrogen-bond donors (Lipinski definition) is 2. The van der Waals surface area contributed by atoms with Gasteiger partial charge in [-0.25, -0.2) is 4.79 Å². The van der Waals surface area contributed by atoms with Crippen molar-refractivity contribution in [2.45, 2.75) is 27.1 Å². The summed E-state index contributed by atoms with van der Waals surface area (Å²) in [7, 11) is 0. The molecule has 0 saturated carbocycles. The van der Waals surface area contributed by atoms with Gasteiger partial charge in [-0.2, -0.15) is 0 Å². The second kappa shape index (κ2) is 9.96. The monoisotopic (exact) mass is 292 g/mol. The maximum absolute atomic E-state index is 11.6. The Kier molecular flexibility index (Phi) is 8.16. The predicted molar refractivity (Wildman–Crippen MR) is 83.8 cm³/mol. The van der Waals surface area contributed by atoms with Crippen LogP contribution in [0.1, 0.15) is 25.0 Å². The van der Waals surface area contributed by atoms with E-state index in [1.807, 2.05) is 51.1 Å². The zero-order chi connectivity index (χ0) is 15.5. The van der Waals surface area contributed by atoms with Crippen molar-refractivity contribution < 1.29 is 14.3 Å².